The van der Waals surface area contributed by atoms with Crippen LogP contribution < -0.4 is 0 Å². The van der Waals surface area contributed by atoms with Crippen molar-refractivity contribution in [3.63, 3.8) is 0 Å². The predicted octanol–water partition coefficient (Wildman–Crippen LogP) is 7.71. The molecule has 0 amide bonds. The van der Waals surface area contributed by atoms with Gasteiger partial charge in [-0.2, -0.15) is 26.3 Å². The van der Waals surface area contributed by atoms with Gasteiger partial charge in [0.25, 0.3) is 5.60 Å². The van der Waals surface area contributed by atoms with E-state index in [9.17, 15) is 46.8 Å². The largest absolute Gasteiger partial charge is 0.430 e. The minimum Gasteiger partial charge on any atom is -0.393 e. The van der Waals surface area contributed by atoms with Crippen LogP contribution in [0.2, 0.25) is 0 Å². The van der Waals surface area contributed by atoms with E-state index in [-0.39, 0.29) is 41.2 Å². The van der Waals surface area contributed by atoms with Gasteiger partial charge in [0.15, 0.2) is 0 Å². The Labute approximate surface area is 245 Å². The number of aliphatic hydroxyl groups is 4. The molecule has 0 aromatic carbocycles. The summed E-state index contributed by atoms with van der Waals surface area (Å²) in [5.41, 5.74) is -3.96. The average Bonchev–Trinajstić information content (AvgIpc) is 3.16. The van der Waals surface area contributed by atoms with Gasteiger partial charge in [0.2, 0.25) is 0 Å². The van der Waals surface area contributed by atoms with E-state index in [2.05, 4.69) is 13.0 Å². The summed E-state index contributed by atoms with van der Waals surface area (Å²) in [4.78, 5) is 0. The van der Waals surface area contributed by atoms with Gasteiger partial charge < -0.3 is 20.4 Å². The van der Waals surface area contributed by atoms with Crippen molar-refractivity contribution in [3.8, 4) is 0 Å². The summed E-state index contributed by atoms with van der Waals surface area (Å²) >= 11 is 0. The second-order valence-electron chi connectivity index (χ2n) is 14.0. The van der Waals surface area contributed by atoms with Gasteiger partial charge in [-0.1, -0.05) is 42.2 Å². The molecule has 42 heavy (non-hydrogen) atoms. The highest BCUT2D eigenvalue weighted by molar-refractivity contribution is 5.26. The van der Waals surface area contributed by atoms with Crippen molar-refractivity contribution in [2.45, 2.75) is 141 Å². The van der Waals surface area contributed by atoms with Crippen LogP contribution >= 0.6 is 0 Å². The highest BCUT2D eigenvalue weighted by Crippen LogP contribution is 2.61. The molecule has 0 aromatic heterocycles. The first kappa shape index (κ1) is 35.1. The fourth-order valence-corrected chi connectivity index (χ4v) is 7.98. The summed E-state index contributed by atoms with van der Waals surface area (Å²) in [5.74, 6) is 0.0488. The van der Waals surface area contributed by atoms with Crippen molar-refractivity contribution in [1.82, 2.24) is 0 Å². The summed E-state index contributed by atoms with van der Waals surface area (Å²) in [5, 5.41) is 40.1. The first-order chi connectivity index (χ1) is 19.2. The number of hydrogen-bond acceptors (Lipinski definition) is 4. The molecule has 0 aliphatic heterocycles. The van der Waals surface area contributed by atoms with Crippen LogP contribution in [0.3, 0.4) is 0 Å². The van der Waals surface area contributed by atoms with E-state index >= 15 is 0 Å². The topological polar surface area (TPSA) is 80.9 Å². The Hall–Kier alpha value is -1.36. The first-order valence-corrected chi connectivity index (χ1v) is 15.2. The normalized spacial score (nSPS) is 31.8. The van der Waals surface area contributed by atoms with Gasteiger partial charge in [-0.25, -0.2) is 0 Å². The summed E-state index contributed by atoms with van der Waals surface area (Å²) in [7, 11) is 0. The van der Waals surface area contributed by atoms with E-state index in [1.807, 2.05) is 6.08 Å². The number of aliphatic hydroxyl groups excluding tert-OH is 2. The molecule has 3 aliphatic rings. The lowest BCUT2D eigenvalue weighted by Gasteiger charge is -2.45. The highest BCUT2D eigenvalue weighted by Gasteiger charge is 2.69. The maximum Gasteiger partial charge on any atom is 0.430 e. The number of hydrogen-bond donors (Lipinski definition) is 4. The Kier molecular flexibility index (Phi) is 10.8. The van der Waals surface area contributed by atoms with E-state index in [0.717, 1.165) is 37.7 Å². The van der Waals surface area contributed by atoms with E-state index in [0.29, 0.717) is 38.5 Å². The van der Waals surface area contributed by atoms with Crippen molar-refractivity contribution in [3.05, 3.63) is 34.9 Å². The molecule has 3 saturated carbocycles. The summed E-state index contributed by atoms with van der Waals surface area (Å²) < 4.78 is 80.6. The zero-order valence-electron chi connectivity index (χ0n) is 25.2. The second-order valence-corrected chi connectivity index (χ2v) is 14.0. The molecular weight excluding hydrogens is 562 g/mol. The fourth-order valence-electron chi connectivity index (χ4n) is 7.98. The highest BCUT2D eigenvalue weighted by atomic mass is 19.4. The summed E-state index contributed by atoms with van der Waals surface area (Å²) in [6.45, 7) is 6.76. The van der Waals surface area contributed by atoms with Gasteiger partial charge in [0.1, 0.15) is 0 Å². The second kappa shape index (κ2) is 12.9. The summed E-state index contributed by atoms with van der Waals surface area (Å²) in [6, 6.07) is 0. The number of rotatable bonds is 9. The van der Waals surface area contributed by atoms with Crippen molar-refractivity contribution in [1.29, 1.82) is 0 Å². The van der Waals surface area contributed by atoms with Gasteiger partial charge in [0.05, 0.1) is 17.8 Å². The SMILES string of the molecule is C/C(=C/C(O)(C(F)(F)F)C(F)(F)F)C[C@@H](CCCC(C)(C)O)C1CCC2/C(=C/C=C3C[C@@H](O)C[C@H](O)C3)CCC[C@@]21C. The Morgan fingerprint density at radius 3 is 2.12 bits per heavy atom. The number of allylic oxidation sites excluding steroid dienone is 4. The molecule has 0 spiro atoms. The molecule has 3 rings (SSSR count). The molecule has 0 bridgehead atoms. The fraction of sp³-hybridized carbons (Fsp3) is 0.812. The smallest absolute Gasteiger partial charge is 0.393 e. The molecule has 0 heterocycles. The standard InChI is InChI=1S/C32H48F6O4/c1-20(19-30(42,31(33,34)35)32(36,37)38)15-23(8-5-13-28(2,3)41)27-12-11-26-22(7-6-14-29(26,27)4)10-9-21-16-24(39)18-25(40)17-21/h9-10,19,23-27,39-42H,5-8,11-18H2,1-4H3/b20-19-,22-10+/t23-,24-,25-,26?,27?,29+/m1/s1. The Morgan fingerprint density at radius 1 is 0.976 bits per heavy atom. The summed E-state index contributed by atoms with van der Waals surface area (Å²) in [6.07, 6.45) is -1.61. The van der Waals surface area contributed by atoms with Crippen LogP contribution in [-0.2, 0) is 0 Å². The molecule has 3 aliphatic carbocycles. The number of halogens is 6. The van der Waals surface area contributed by atoms with Crippen molar-refractivity contribution in [2.75, 3.05) is 0 Å². The molecular formula is C32H48F6O4. The monoisotopic (exact) mass is 610 g/mol. The Bertz CT molecular complexity index is 995. The molecule has 4 nitrogen and oxygen atoms in total. The quantitative estimate of drug-likeness (QED) is 0.159. The number of fused-ring (bicyclic) bond motifs is 1. The average molecular weight is 611 g/mol. The van der Waals surface area contributed by atoms with Crippen LogP contribution in [0.4, 0.5) is 26.3 Å². The van der Waals surface area contributed by atoms with E-state index < -0.39 is 35.8 Å². The van der Waals surface area contributed by atoms with Gasteiger partial charge in [-0.15, -0.1) is 0 Å². The van der Waals surface area contributed by atoms with Crippen molar-refractivity contribution in [2.24, 2.45) is 23.2 Å². The van der Waals surface area contributed by atoms with Gasteiger partial charge in [0, 0.05) is 0 Å². The Morgan fingerprint density at radius 2 is 1.57 bits per heavy atom. The predicted molar refractivity (Wildman–Crippen MR) is 149 cm³/mol. The third kappa shape index (κ3) is 8.21. The molecule has 2 unspecified atom stereocenters. The third-order valence-electron chi connectivity index (χ3n) is 9.95. The maximum absolute atomic E-state index is 13.4. The van der Waals surface area contributed by atoms with Crippen molar-refractivity contribution < 1.29 is 46.8 Å². The van der Waals surface area contributed by atoms with Gasteiger partial charge in [-0.3, -0.25) is 0 Å². The minimum atomic E-state index is -5.91. The molecule has 0 radical (unpaired) electrons. The minimum absolute atomic E-state index is 0.00776. The molecule has 6 atom stereocenters. The lowest BCUT2D eigenvalue weighted by Crippen LogP contribution is -2.55. The van der Waals surface area contributed by atoms with Crippen LogP contribution in [0, 0.1) is 23.2 Å². The first-order valence-electron chi connectivity index (χ1n) is 15.2. The van der Waals surface area contributed by atoms with Crippen molar-refractivity contribution >= 4 is 0 Å². The van der Waals surface area contributed by atoms with Crippen LogP contribution in [0.1, 0.15) is 105 Å². The molecule has 0 aromatic rings. The molecule has 10 heteroatoms. The molecule has 3 fully saturated rings. The molecule has 4 N–H and O–H groups in total. The lowest BCUT2D eigenvalue weighted by molar-refractivity contribution is -0.348. The molecule has 242 valence electrons. The zero-order valence-corrected chi connectivity index (χ0v) is 25.2. The van der Waals surface area contributed by atoms with E-state index in [4.69, 9.17) is 0 Å². The Balaban J connectivity index is 1.89. The van der Waals surface area contributed by atoms with Crippen LogP contribution in [0.25, 0.3) is 0 Å². The van der Waals surface area contributed by atoms with Crippen LogP contribution in [-0.4, -0.2) is 56.2 Å². The van der Waals surface area contributed by atoms with Gasteiger partial charge in [-0.05, 0) is 121 Å². The van der Waals surface area contributed by atoms with E-state index in [1.54, 1.807) is 13.8 Å². The van der Waals surface area contributed by atoms with Gasteiger partial charge >= 0.3 is 12.4 Å². The van der Waals surface area contributed by atoms with Crippen LogP contribution in [0.5, 0.6) is 0 Å². The zero-order chi connectivity index (χ0) is 31.7. The third-order valence-corrected chi connectivity index (χ3v) is 9.95. The van der Waals surface area contributed by atoms with E-state index in [1.165, 1.54) is 12.5 Å². The van der Waals surface area contributed by atoms with Crippen LogP contribution in [0.15, 0.2) is 34.9 Å². The maximum atomic E-state index is 13.4. The lowest BCUT2D eigenvalue weighted by atomic mass is 9.59. The number of alkyl halides is 6. The molecule has 0 saturated heterocycles.